The number of hydrogen-bond acceptors (Lipinski definition) is 4. The van der Waals surface area contributed by atoms with Gasteiger partial charge in [0.25, 0.3) is 12.4 Å². The fourth-order valence-corrected chi connectivity index (χ4v) is 2.76. The van der Waals surface area contributed by atoms with Crippen molar-refractivity contribution in [3.63, 3.8) is 0 Å². The molecule has 1 fully saturated rings. The highest BCUT2D eigenvalue weighted by molar-refractivity contribution is 9.10. The molecule has 1 aromatic heterocycles. The van der Waals surface area contributed by atoms with E-state index in [1.165, 1.54) is 6.07 Å². The van der Waals surface area contributed by atoms with E-state index < -0.39 is 35.5 Å². The number of alkyl halides is 2. The standard InChI is InChI=1S/C11H9BrF3N3O/c12-7-2-1-5(13)8(17-7)11(9(14)15)4-3-6(4)19-10(16)18-11/h1-2,4,6,9H,3H2,(H2,16,18)/t4-,6?,11?/m0/s1. The van der Waals surface area contributed by atoms with E-state index in [9.17, 15) is 13.2 Å². The van der Waals surface area contributed by atoms with Gasteiger partial charge in [-0.1, -0.05) is 0 Å². The molecule has 3 rings (SSSR count). The zero-order chi connectivity index (χ0) is 13.8. The zero-order valence-electron chi connectivity index (χ0n) is 9.49. The minimum absolute atomic E-state index is 0.265. The number of nitrogens with two attached hydrogens (primary N) is 1. The van der Waals surface area contributed by atoms with Crippen molar-refractivity contribution < 1.29 is 17.9 Å². The lowest BCUT2D eigenvalue weighted by molar-refractivity contribution is 0.0149. The van der Waals surface area contributed by atoms with E-state index in [0.29, 0.717) is 6.42 Å². The predicted molar refractivity (Wildman–Crippen MR) is 64.2 cm³/mol. The molecule has 2 N–H and O–H groups in total. The fraction of sp³-hybridized carbons (Fsp3) is 0.455. The molecule has 1 saturated carbocycles. The van der Waals surface area contributed by atoms with Crippen LogP contribution in [0.2, 0.25) is 0 Å². The molecule has 0 saturated heterocycles. The largest absolute Gasteiger partial charge is 0.462 e. The van der Waals surface area contributed by atoms with Crippen LogP contribution in [0.15, 0.2) is 21.7 Å². The Hall–Kier alpha value is -1.31. The second kappa shape index (κ2) is 4.09. The van der Waals surface area contributed by atoms with Crippen LogP contribution < -0.4 is 5.73 Å². The minimum atomic E-state index is -2.92. The average molecular weight is 336 g/mol. The minimum Gasteiger partial charge on any atom is -0.462 e. The SMILES string of the molecule is NC1=NC(c2nc(Br)ccc2F)(C(F)F)[C@H]2CC2O1. The van der Waals surface area contributed by atoms with Gasteiger partial charge in [-0.3, -0.25) is 0 Å². The number of fused-ring (bicyclic) bond motifs is 1. The summed E-state index contributed by atoms with van der Waals surface area (Å²) in [5.41, 5.74) is 2.98. The van der Waals surface area contributed by atoms with Gasteiger partial charge in [0.15, 0.2) is 5.54 Å². The third kappa shape index (κ3) is 1.80. The molecule has 0 radical (unpaired) electrons. The van der Waals surface area contributed by atoms with Gasteiger partial charge in [-0.05, 0) is 34.5 Å². The van der Waals surface area contributed by atoms with Crippen molar-refractivity contribution in [1.29, 1.82) is 0 Å². The van der Waals surface area contributed by atoms with Crippen LogP contribution in [0.3, 0.4) is 0 Å². The van der Waals surface area contributed by atoms with Gasteiger partial charge in [0.05, 0.1) is 0 Å². The predicted octanol–water partition coefficient (Wildman–Crippen LogP) is 2.18. The molecule has 1 aliphatic heterocycles. The Labute approximate surface area is 115 Å². The van der Waals surface area contributed by atoms with Crippen molar-refractivity contribution in [3.05, 3.63) is 28.2 Å². The van der Waals surface area contributed by atoms with E-state index >= 15 is 0 Å². The maximum atomic E-state index is 13.9. The number of aromatic nitrogens is 1. The molecular weight excluding hydrogens is 327 g/mol. The van der Waals surface area contributed by atoms with E-state index in [2.05, 4.69) is 25.9 Å². The molecule has 0 amide bonds. The van der Waals surface area contributed by atoms with Crippen LogP contribution in [0, 0.1) is 11.7 Å². The van der Waals surface area contributed by atoms with Gasteiger partial charge in [-0.15, -0.1) is 0 Å². The third-order valence-corrected chi connectivity index (χ3v) is 3.83. The lowest BCUT2D eigenvalue weighted by Crippen LogP contribution is -2.44. The summed E-state index contributed by atoms with van der Waals surface area (Å²) in [4.78, 5) is 7.55. The Morgan fingerprint density at radius 3 is 2.89 bits per heavy atom. The van der Waals surface area contributed by atoms with Crippen LogP contribution in [0.1, 0.15) is 12.1 Å². The molecule has 0 aromatic carbocycles. The number of hydrogen-bond donors (Lipinski definition) is 1. The number of amidine groups is 1. The fourth-order valence-electron chi connectivity index (χ4n) is 2.45. The summed E-state index contributed by atoms with van der Waals surface area (Å²) in [7, 11) is 0. The van der Waals surface area contributed by atoms with Crippen molar-refractivity contribution in [1.82, 2.24) is 4.98 Å². The smallest absolute Gasteiger partial charge is 0.283 e. The number of pyridine rings is 1. The Kier molecular flexibility index (Phi) is 2.74. The van der Waals surface area contributed by atoms with Gasteiger partial charge in [0.2, 0.25) is 0 Å². The molecule has 2 aliphatic rings. The van der Waals surface area contributed by atoms with Crippen molar-refractivity contribution in [2.75, 3.05) is 0 Å². The number of ether oxygens (including phenoxy) is 1. The van der Waals surface area contributed by atoms with Crippen LogP contribution in [0.4, 0.5) is 13.2 Å². The number of aliphatic imine (C=N–C) groups is 1. The van der Waals surface area contributed by atoms with Crippen LogP contribution in [-0.2, 0) is 10.3 Å². The Bertz CT molecular complexity index is 568. The first kappa shape index (κ1) is 12.7. The molecule has 1 aliphatic carbocycles. The van der Waals surface area contributed by atoms with E-state index in [1.807, 2.05) is 0 Å². The summed E-state index contributed by atoms with van der Waals surface area (Å²) in [5, 5.41) is 0. The highest BCUT2D eigenvalue weighted by Crippen LogP contribution is 2.55. The first-order chi connectivity index (χ1) is 8.95. The van der Waals surface area contributed by atoms with Gasteiger partial charge in [0, 0.05) is 5.92 Å². The second-order valence-electron chi connectivity index (χ2n) is 4.54. The average Bonchev–Trinajstić information content (AvgIpc) is 3.10. The van der Waals surface area contributed by atoms with E-state index in [0.717, 1.165) is 6.07 Å². The molecule has 0 spiro atoms. The summed E-state index contributed by atoms with van der Waals surface area (Å²) < 4.78 is 46.4. The Morgan fingerprint density at radius 2 is 2.21 bits per heavy atom. The quantitative estimate of drug-likeness (QED) is 0.842. The van der Waals surface area contributed by atoms with E-state index in [4.69, 9.17) is 10.5 Å². The summed E-state index contributed by atoms with van der Waals surface area (Å²) in [6, 6.07) is 2.07. The monoisotopic (exact) mass is 335 g/mol. The second-order valence-corrected chi connectivity index (χ2v) is 5.35. The molecule has 1 aromatic rings. The molecule has 102 valence electrons. The molecule has 8 heteroatoms. The number of rotatable bonds is 2. The van der Waals surface area contributed by atoms with E-state index in [1.54, 1.807) is 0 Å². The van der Waals surface area contributed by atoms with Crippen molar-refractivity contribution in [2.24, 2.45) is 16.6 Å². The van der Waals surface area contributed by atoms with Crippen molar-refractivity contribution >= 4 is 22.0 Å². The van der Waals surface area contributed by atoms with E-state index in [-0.39, 0.29) is 10.6 Å². The number of nitrogens with zero attached hydrogens (tertiary/aromatic N) is 2. The Balaban J connectivity index is 2.21. The summed E-state index contributed by atoms with van der Waals surface area (Å²) in [6.07, 6.45) is -2.99. The number of halogens is 4. The van der Waals surface area contributed by atoms with Crippen molar-refractivity contribution in [3.8, 4) is 0 Å². The zero-order valence-corrected chi connectivity index (χ0v) is 11.1. The lowest BCUT2D eigenvalue weighted by atomic mass is 9.88. The highest BCUT2D eigenvalue weighted by Gasteiger charge is 2.65. The van der Waals surface area contributed by atoms with Gasteiger partial charge in [-0.25, -0.2) is 23.1 Å². The third-order valence-electron chi connectivity index (χ3n) is 3.39. The van der Waals surface area contributed by atoms with Crippen molar-refractivity contribution in [2.45, 2.75) is 24.5 Å². The maximum Gasteiger partial charge on any atom is 0.283 e. The summed E-state index contributed by atoms with van der Waals surface area (Å²) in [5.74, 6) is -1.43. The Morgan fingerprint density at radius 1 is 1.47 bits per heavy atom. The topological polar surface area (TPSA) is 60.5 Å². The van der Waals surface area contributed by atoms with Gasteiger partial charge in [0.1, 0.15) is 22.2 Å². The first-order valence-corrected chi connectivity index (χ1v) is 6.37. The normalized spacial score (nSPS) is 32.6. The van der Waals surface area contributed by atoms with Crippen LogP contribution >= 0.6 is 15.9 Å². The molecule has 4 nitrogen and oxygen atoms in total. The summed E-state index contributed by atoms with van der Waals surface area (Å²) >= 11 is 3.05. The lowest BCUT2D eigenvalue weighted by Gasteiger charge is -2.32. The first-order valence-electron chi connectivity index (χ1n) is 5.58. The molecule has 19 heavy (non-hydrogen) atoms. The molecule has 3 atom stereocenters. The van der Waals surface area contributed by atoms with Crippen LogP contribution in [0.5, 0.6) is 0 Å². The van der Waals surface area contributed by atoms with Crippen LogP contribution in [-0.4, -0.2) is 23.5 Å². The molecule has 2 heterocycles. The molecule has 0 bridgehead atoms. The maximum absolute atomic E-state index is 13.9. The van der Waals surface area contributed by atoms with Gasteiger partial charge >= 0.3 is 0 Å². The molecular formula is C11H9BrF3N3O. The van der Waals surface area contributed by atoms with Gasteiger partial charge < -0.3 is 10.5 Å². The molecule has 2 unspecified atom stereocenters. The highest BCUT2D eigenvalue weighted by atomic mass is 79.9. The van der Waals surface area contributed by atoms with Gasteiger partial charge in [-0.2, -0.15) is 0 Å². The summed E-state index contributed by atoms with van der Waals surface area (Å²) in [6.45, 7) is 0. The van der Waals surface area contributed by atoms with Crippen LogP contribution in [0.25, 0.3) is 0 Å².